The Morgan fingerprint density at radius 3 is 2.89 bits per heavy atom. The van der Waals surface area contributed by atoms with Gasteiger partial charge in [0.1, 0.15) is 10.5 Å². The summed E-state index contributed by atoms with van der Waals surface area (Å²) in [7, 11) is 0. The molecule has 0 bridgehead atoms. The Morgan fingerprint density at radius 1 is 1.39 bits per heavy atom. The van der Waals surface area contributed by atoms with Crippen LogP contribution >= 0.6 is 11.3 Å². The first kappa shape index (κ1) is 18.6. The average Bonchev–Trinajstić information content (AvgIpc) is 3.25. The molecule has 0 saturated heterocycles. The van der Waals surface area contributed by atoms with Crippen LogP contribution in [0.25, 0.3) is 10.2 Å². The van der Waals surface area contributed by atoms with E-state index in [1.165, 1.54) is 24.1 Å². The van der Waals surface area contributed by atoms with E-state index < -0.39 is 12.1 Å². The predicted octanol–water partition coefficient (Wildman–Crippen LogP) is 3.56. The molecule has 4 rings (SSSR count). The van der Waals surface area contributed by atoms with E-state index in [4.69, 9.17) is 4.74 Å². The van der Waals surface area contributed by atoms with Crippen molar-refractivity contribution < 1.29 is 14.3 Å². The minimum atomic E-state index is -0.730. The number of aromatic amines is 2. The van der Waals surface area contributed by atoms with Crippen molar-refractivity contribution in [1.29, 1.82) is 0 Å². The van der Waals surface area contributed by atoms with Gasteiger partial charge in [-0.15, -0.1) is 11.3 Å². The van der Waals surface area contributed by atoms with Crippen LogP contribution in [-0.4, -0.2) is 26.7 Å². The highest BCUT2D eigenvalue weighted by Gasteiger charge is 2.25. The summed E-state index contributed by atoms with van der Waals surface area (Å²) in [4.78, 5) is 48.4. The highest BCUT2D eigenvalue weighted by molar-refractivity contribution is 7.18. The second kappa shape index (κ2) is 7.01. The van der Waals surface area contributed by atoms with Gasteiger partial charge in [-0.1, -0.05) is 6.92 Å². The van der Waals surface area contributed by atoms with E-state index in [1.54, 1.807) is 18.3 Å². The first-order valence-electron chi connectivity index (χ1n) is 9.28. The smallest absolute Gasteiger partial charge is 0.355 e. The lowest BCUT2D eigenvalue weighted by Gasteiger charge is -2.17. The van der Waals surface area contributed by atoms with Gasteiger partial charge < -0.3 is 14.7 Å². The summed E-state index contributed by atoms with van der Waals surface area (Å²) >= 11 is 1.56. The number of fused-ring (bicyclic) bond motifs is 3. The van der Waals surface area contributed by atoms with Gasteiger partial charge in [-0.2, -0.15) is 0 Å². The number of hydrogen-bond donors (Lipinski definition) is 2. The molecule has 0 aliphatic heterocycles. The molecule has 3 aromatic heterocycles. The Kier molecular flexibility index (Phi) is 4.66. The fourth-order valence-corrected chi connectivity index (χ4v) is 4.94. The molecule has 3 aromatic rings. The van der Waals surface area contributed by atoms with Crippen LogP contribution in [0, 0.1) is 5.92 Å². The minimum Gasteiger partial charge on any atom is -0.450 e. The Morgan fingerprint density at radius 2 is 2.18 bits per heavy atom. The van der Waals surface area contributed by atoms with Crippen LogP contribution < -0.4 is 5.56 Å². The largest absolute Gasteiger partial charge is 0.450 e. The molecule has 0 fully saturated rings. The summed E-state index contributed by atoms with van der Waals surface area (Å²) in [5.74, 6) is 0.174. The van der Waals surface area contributed by atoms with E-state index in [0.717, 1.165) is 24.8 Å². The zero-order valence-electron chi connectivity index (χ0n) is 15.9. The van der Waals surface area contributed by atoms with Gasteiger partial charge >= 0.3 is 5.97 Å². The van der Waals surface area contributed by atoms with Crippen LogP contribution in [0.4, 0.5) is 0 Å². The number of nitrogens with one attached hydrogen (secondary N) is 2. The van der Waals surface area contributed by atoms with Crippen LogP contribution in [-0.2, 0) is 17.6 Å². The van der Waals surface area contributed by atoms with Crippen LogP contribution in [0.2, 0.25) is 0 Å². The number of hydrogen-bond acceptors (Lipinski definition) is 6. The summed E-state index contributed by atoms with van der Waals surface area (Å²) in [5.41, 5.74) is 1.52. The Hall–Kier alpha value is -2.74. The maximum atomic E-state index is 12.7. The predicted molar refractivity (Wildman–Crippen MR) is 106 cm³/mol. The number of thiophene rings is 1. The first-order valence-corrected chi connectivity index (χ1v) is 10.1. The second-order valence-electron chi connectivity index (χ2n) is 7.39. The summed E-state index contributed by atoms with van der Waals surface area (Å²) in [6, 6.07) is 1.45. The quantitative estimate of drug-likeness (QED) is 0.515. The van der Waals surface area contributed by atoms with E-state index in [0.29, 0.717) is 27.5 Å². The minimum absolute atomic E-state index is 0.143. The molecule has 28 heavy (non-hydrogen) atoms. The van der Waals surface area contributed by atoms with Gasteiger partial charge in [0, 0.05) is 16.6 Å². The number of esters is 1. The van der Waals surface area contributed by atoms with Crippen LogP contribution in [0.3, 0.4) is 0 Å². The van der Waals surface area contributed by atoms with Crippen molar-refractivity contribution in [2.45, 2.75) is 46.1 Å². The highest BCUT2D eigenvalue weighted by atomic mass is 32.1. The number of ether oxygens (including phenoxy) is 1. The summed E-state index contributed by atoms with van der Waals surface area (Å²) in [6.45, 7) is 5.30. The van der Waals surface area contributed by atoms with Crippen molar-refractivity contribution in [3.05, 3.63) is 50.1 Å². The molecule has 0 unspecified atom stereocenters. The van der Waals surface area contributed by atoms with Gasteiger partial charge in [0.25, 0.3) is 5.56 Å². The first-order chi connectivity index (χ1) is 13.3. The van der Waals surface area contributed by atoms with Gasteiger partial charge in [0.15, 0.2) is 17.7 Å². The molecule has 7 nitrogen and oxygen atoms in total. The van der Waals surface area contributed by atoms with E-state index >= 15 is 0 Å². The number of nitrogens with zero attached hydrogens (tertiary/aromatic N) is 1. The van der Waals surface area contributed by atoms with E-state index in [-0.39, 0.29) is 17.0 Å². The maximum Gasteiger partial charge on any atom is 0.355 e. The fourth-order valence-electron chi connectivity index (χ4n) is 3.55. The number of carbonyl (C=O) groups excluding carboxylic acids is 2. The topological polar surface area (TPSA) is 105 Å². The van der Waals surface area contributed by atoms with Gasteiger partial charge in [-0.25, -0.2) is 9.78 Å². The molecule has 0 spiro atoms. The average molecular weight is 399 g/mol. The number of ketones is 1. The maximum absolute atomic E-state index is 12.7. The van der Waals surface area contributed by atoms with Gasteiger partial charge in [0.2, 0.25) is 0 Å². The number of carbonyl (C=O) groups is 2. The number of Topliss-reactive ketones (excluding diaryl/α,β-unsaturated/α-hetero) is 1. The van der Waals surface area contributed by atoms with Crippen molar-refractivity contribution in [3.8, 4) is 0 Å². The normalized spacial score (nSPS) is 17.3. The molecule has 0 amide bonds. The number of rotatable bonds is 4. The lowest BCUT2D eigenvalue weighted by atomic mass is 9.89. The van der Waals surface area contributed by atoms with Crippen LogP contribution in [0.5, 0.6) is 0 Å². The van der Waals surface area contributed by atoms with E-state index in [1.807, 2.05) is 0 Å². The van der Waals surface area contributed by atoms with Crippen LogP contribution in [0.15, 0.2) is 17.1 Å². The third-order valence-corrected chi connectivity index (χ3v) is 6.31. The Balaban J connectivity index is 1.60. The lowest BCUT2D eigenvalue weighted by Crippen LogP contribution is -2.18. The van der Waals surface area contributed by atoms with E-state index in [2.05, 4.69) is 21.9 Å². The summed E-state index contributed by atoms with van der Waals surface area (Å²) in [6.07, 6.45) is 3.68. The number of H-pyrrole nitrogens is 2. The van der Waals surface area contributed by atoms with E-state index in [9.17, 15) is 14.4 Å². The molecular weight excluding hydrogens is 378 g/mol. The van der Waals surface area contributed by atoms with Gasteiger partial charge in [0.05, 0.1) is 5.39 Å². The standard InChI is InChI=1S/C20H21N3O4S/c1-9-4-5-13-15(6-9)28-19-16(13)18(25)22-17(23-19)11(3)27-20(26)14-7-12(8-21-14)10(2)24/h7-9,11,21H,4-6H2,1-3H3,(H,22,23,25)/t9-,11-/m0/s1. The SMILES string of the molecule is CC(=O)c1c[nH]c(C(=O)O[C@@H](C)c2nc3sc4c(c3c(=O)[nH]2)CC[C@H](C)C4)c1. The zero-order chi connectivity index (χ0) is 20.0. The molecule has 1 aliphatic rings. The number of aromatic nitrogens is 3. The van der Waals surface area contributed by atoms with Crippen molar-refractivity contribution in [3.63, 3.8) is 0 Å². The van der Waals surface area contributed by atoms with Crippen molar-refractivity contribution in [1.82, 2.24) is 15.0 Å². The molecule has 1 aliphatic carbocycles. The van der Waals surface area contributed by atoms with Crippen LogP contribution in [0.1, 0.15) is 70.4 Å². The van der Waals surface area contributed by atoms with Crippen molar-refractivity contribution in [2.24, 2.45) is 5.92 Å². The molecule has 3 heterocycles. The van der Waals surface area contributed by atoms with Crippen molar-refractivity contribution in [2.75, 3.05) is 0 Å². The summed E-state index contributed by atoms with van der Waals surface area (Å²) < 4.78 is 5.43. The van der Waals surface area contributed by atoms with Gasteiger partial charge in [-0.05, 0) is 50.7 Å². The van der Waals surface area contributed by atoms with Gasteiger partial charge in [-0.3, -0.25) is 9.59 Å². The third-order valence-electron chi connectivity index (χ3n) is 5.16. The fraction of sp³-hybridized carbons (Fsp3) is 0.400. The second-order valence-corrected chi connectivity index (χ2v) is 8.47. The number of aryl methyl sites for hydroxylation is 1. The molecule has 0 radical (unpaired) electrons. The third kappa shape index (κ3) is 3.28. The zero-order valence-corrected chi connectivity index (χ0v) is 16.7. The molecular formula is C20H21N3O4S. The molecule has 0 aromatic carbocycles. The lowest BCUT2D eigenvalue weighted by molar-refractivity contribution is 0.0314. The monoisotopic (exact) mass is 399 g/mol. The molecule has 0 saturated carbocycles. The summed E-state index contributed by atoms with van der Waals surface area (Å²) in [5, 5.41) is 0.671. The molecule has 146 valence electrons. The molecule has 2 N–H and O–H groups in total. The molecule has 2 atom stereocenters. The Bertz CT molecular complexity index is 1140. The highest BCUT2D eigenvalue weighted by Crippen LogP contribution is 2.36. The van der Waals surface area contributed by atoms with Crippen molar-refractivity contribution >= 4 is 33.3 Å². The Labute approximate surface area is 165 Å². The molecule has 8 heteroatoms.